The molecule has 0 aliphatic carbocycles. The largest absolute Gasteiger partial charge is 0.458 e. The van der Waals surface area contributed by atoms with Gasteiger partial charge >= 0.3 is 0 Å². The van der Waals surface area contributed by atoms with Gasteiger partial charge in [-0.05, 0) is 47.6 Å². The second-order valence-electron chi connectivity index (χ2n) is 4.08. The minimum atomic E-state index is 0.262. The van der Waals surface area contributed by atoms with E-state index in [-0.39, 0.29) is 6.04 Å². The lowest BCUT2D eigenvalue weighted by Crippen LogP contribution is -2.15. The first kappa shape index (κ1) is 12.9. The van der Waals surface area contributed by atoms with Crippen molar-refractivity contribution in [2.24, 2.45) is 0 Å². The van der Waals surface area contributed by atoms with Crippen molar-refractivity contribution in [3.8, 4) is 0 Å². The van der Waals surface area contributed by atoms with Gasteiger partial charge in [-0.2, -0.15) is 0 Å². The van der Waals surface area contributed by atoms with Gasteiger partial charge in [-0.25, -0.2) is 0 Å². The van der Waals surface area contributed by atoms with Crippen LogP contribution in [0.4, 0.5) is 0 Å². The zero-order valence-electron chi connectivity index (χ0n) is 9.89. The quantitative estimate of drug-likeness (QED) is 0.867. The van der Waals surface area contributed by atoms with E-state index in [4.69, 9.17) is 16.0 Å². The third-order valence-corrected chi connectivity index (χ3v) is 3.63. The molecule has 1 aromatic heterocycles. The maximum absolute atomic E-state index is 6.02. The summed E-state index contributed by atoms with van der Waals surface area (Å²) in [6.07, 6.45) is 2.17. The Hall–Kier alpha value is -0.510. The molecule has 0 saturated heterocycles. The molecule has 0 aliphatic heterocycles. The Morgan fingerprint density at radius 3 is 2.82 bits per heavy atom. The van der Waals surface area contributed by atoms with Crippen molar-refractivity contribution in [1.29, 1.82) is 0 Å². The van der Waals surface area contributed by atoms with E-state index in [9.17, 15) is 0 Å². The first-order valence-electron chi connectivity index (χ1n) is 5.71. The van der Waals surface area contributed by atoms with Crippen LogP contribution in [0.3, 0.4) is 0 Å². The van der Waals surface area contributed by atoms with E-state index in [0.29, 0.717) is 5.02 Å². The van der Waals surface area contributed by atoms with Crippen LogP contribution in [0.2, 0.25) is 5.02 Å². The standard InChI is InChI=1S/C13H15BrClNO/c1-3-4-11(16-2)12-6-8-5-9(15)7-10(14)13(8)17-12/h5-7,11,16H,3-4H2,1-2H3. The van der Waals surface area contributed by atoms with E-state index < -0.39 is 0 Å². The number of rotatable bonds is 4. The average Bonchev–Trinajstić information content (AvgIpc) is 2.69. The van der Waals surface area contributed by atoms with Gasteiger partial charge in [0, 0.05) is 10.4 Å². The van der Waals surface area contributed by atoms with Crippen molar-refractivity contribution in [3.63, 3.8) is 0 Å². The molecule has 0 amide bonds. The van der Waals surface area contributed by atoms with E-state index in [1.807, 2.05) is 19.2 Å². The van der Waals surface area contributed by atoms with Crippen LogP contribution in [-0.2, 0) is 0 Å². The Bertz CT molecular complexity index is 523. The number of benzene rings is 1. The number of hydrogen-bond donors (Lipinski definition) is 1. The minimum absolute atomic E-state index is 0.262. The molecule has 1 aromatic carbocycles. The number of nitrogens with one attached hydrogen (secondary N) is 1. The molecule has 2 aromatic rings. The third-order valence-electron chi connectivity index (χ3n) is 2.82. The number of halogens is 2. The Morgan fingerprint density at radius 1 is 1.41 bits per heavy atom. The molecule has 4 heteroatoms. The van der Waals surface area contributed by atoms with Gasteiger partial charge in [-0.3, -0.25) is 0 Å². The highest BCUT2D eigenvalue weighted by molar-refractivity contribution is 9.10. The summed E-state index contributed by atoms with van der Waals surface area (Å²) in [5.74, 6) is 0.965. The van der Waals surface area contributed by atoms with Crippen molar-refractivity contribution in [3.05, 3.63) is 33.5 Å². The highest BCUT2D eigenvalue weighted by atomic mass is 79.9. The monoisotopic (exact) mass is 315 g/mol. The SMILES string of the molecule is CCCC(NC)c1cc2cc(Cl)cc(Br)c2o1. The van der Waals surface area contributed by atoms with E-state index >= 15 is 0 Å². The van der Waals surface area contributed by atoms with Crippen LogP contribution in [0, 0.1) is 0 Å². The smallest absolute Gasteiger partial charge is 0.148 e. The van der Waals surface area contributed by atoms with Crippen molar-refractivity contribution in [1.82, 2.24) is 5.32 Å². The zero-order valence-corrected chi connectivity index (χ0v) is 12.2. The van der Waals surface area contributed by atoms with Gasteiger partial charge < -0.3 is 9.73 Å². The van der Waals surface area contributed by atoms with Crippen molar-refractivity contribution < 1.29 is 4.42 Å². The van der Waals surface area contributed by atoms with Crippen LogP contribution in [0.1, 0.15) is 31.6 Å². The molecule has 1 heterocycles. The van der Waals surface area contributed by atoms with Crippen LogP contribution in [0.5, 0.6) is 0 Å². The van der Waals surface area contributed by atoms with Crippen LogP contribution < -0.4 is 5.32 Å². The summed E-state index contributed by atoms with van der Waals surface area (Å²) >= 11 is 9.49. The Balaban J connectivity index is 2.46. The molecule has 1 atom stereocenters. The molecule has 0 bridgehead atoms. The highest BCUT2D eigenvalue weighted by Crippen LogP contribution is 2.33. The maximum atomic E-state index is 6.02. The Kier molecular flexibility index (Phi) is 4.13. The van der Waals surface area contributed by atoms with E-state index in [0.717, 1.165) is 34.0 Å². The van der Waals surface area contributed by atoms with Gasteiger partial charge in [0.25, 0.3) is 0 Å². The van der Waals surface area contributed by atoms with E-state index in [1.54, 1.807) is 0 Å². The average molecular weight is 317 g/mol. The fourth-order valence-corrected chi connectivity index (χ4v) is 2.90. The molecule has 2 nitrogen and oxygen atoms in total. The molecule has 1 N–H and O–H groups in total. The second kappa shape index (κ2) is 5.42. The maximum Gasteiger partial charge on any atom is 0.148 e. The van der Waals surface area contributed by atoms with Crippen LogP contribution in [0.15, 0.2) is 27.1 Å². The van der Waals surface area contributed by atoms with E-state index in [1.165, 1.54) is 0 Å². The lowest BCUT2D eigenvalue weighted by molar-refractivity contribution is 0.429. The summed E-state index contributed by atoms with van der Waals surface area (Å²) in [6.45, 7) is 2.17. The van der Waals surface area contributed by atoms with E-state index in [2.05, 4.69) is 34.2 Å². The predicted molar refractivity (Wildman–Crippen MR) is 75.6 cm³/mol. The van der Waals surface area contributed by atoms with Gasteiger partial charge in [0.05, 0.1) is 10.5 Å². The summed E-state index contributed by atoms with van der Waals surface area (Å²) in [5, 5.41) is 5.03. The van der Waals surface area contributed by atoms with Crippen LogP contribution in [-0.4, -0.2) is 7.05 Å². The molecule has 1 unspecified atom stereocenters. The topological polar surface area (TPSA) is 25.2 Å². The molecule has 17 heavy (non-hydrogen) atoms. The molecular formula is C13H15BrClNO. The summed E-state index contributed by atoms with van der Waals surface area (Å²) < 4.78 is 6.79. The molecule has 2 rings (SSSR count). The number of hydrogen-bond acceptors (Lipinski definition) is 2. The van der Waals surface area contributed by atoms with Gasteiger partial charge in [-0.1, -0.05) is 24.9 Å². The summed E-state index contributed by atoms with van der Waals surface area (Å²) in [5.41, 5.74) is 0.862. The molecule has 0 saturated carbocycles. The second-order valence-corrected chi connectivity index (χ2v) is 5.38. The summed E-state index contributed by atoms with van der Waals surface area (Å²) in [4.78, 5) is 0. The van der Waals surface area contributed by atoms with Gasteiger partial charge in [-0.15, -0.1) is 0 Å². The number of furan rings is 1. The Morgan fingerprint density at radius 2 is 2.18 bits per heavy atom. The zero-order chi connectivity index (χ0) is 12.4. The first-order chi connectivity index (χ1) is 8.15. The van der Waals surface area contributed by atoms with Gasteiger partial charge in [0.2, 0.25) is 0 Å². The van der Waals surface area contributed by atoms with Gasteiger partial charge in [0.1, 0.15) is 11.3 Å². The normalized spacial score (nSPS) is 13.2. The molecular weight excluding hydrogens is 302 g/mol. The van der Waals surface area contributed by atoms with Crippen molar-refractivity contribution >= 4 is 38.5 Å². The predicted octanol–water partition coefficient (Wildman–Crippen LogP) is 4.91. The van der Waals surface area contributed by atoms with Crippen LogP contribution >= 0.6 is 27.5 Å². The molecule has 0 radical (unpaired) electrons. The Labute approximate surface area is 114 Å². The summed E-state index contributed by atoms with van der Waals surface area (Å²) in [7, 11) is 1.95. The molecule has 92 valence electrons. The van der Waals surface area contributed by atoms with Crippen molar-refractivity contribution in [2.75, 3.05) is 7.05 Å². The lowest BCUT2D eigenvalue weighted by atomic mass is 10.1. The minimum Gasteiger partial charge on any atom is -0.458 e. The lowest BCUT2D eigenvalue weighted by Gasteiger charge is -2.11. The fourth-order valence-electron chi connectivity index (χ4n) is 1.98. The molecule has 0 aliphatic rings. The molecule has 0 spiro atoms. The fraction of sp³-hybridized carbons (Fsp3) is 0.385. The number of fused-ring (bicyclic) bond motifs is 1. The molecule has 0 fully saturated rings. The third kappa shape index (κ3) is 2.67. The van der Waals surface area contributed by atoms with Crippen molar-refractivity contribution in [2.45, 2.75) is 25.8 Å². The van der Waals surface area contributed by atoms with Gasteiger partial charge in [0.15, 0.2) is 0 Å². The highest BCUT2D eigenvalue weighted by Gasteiger charge is 2.15. The summed E-state index contributed by atoms with van der Waals surface area (Å²) in [6, 6.07) is 6.10. The van der Waals surface area contributed by atoms with Crippen LogP contribution in [0.25, 0.3) is 11.0 Å². The first-order valence-corrected chi connectivity index (χ1v) is 6.88.